The Bertz CT molecular complexity index is 1470. The van der Waals surface area contributed by atoms with Crippen molar-refractivity contribution in [1.82, 2.24) is 26.6 Å². The molecule has 0 aromatic carbocycles. The molecule has 0 saturated heterocycles. The summed E-state index contributed by atoms with van der Waals surface area (Å²) in [5.41, 5.74) is -3.31. The van der Waals surface area contributed by atoms with Crippen molar-refractivity contribution in [2.45, 2.75) is 195 Å². The van der Waals surface area contributed by atoms with Gasteiger partial charge in [-0.2, -0.15) is 0 Å². The van der Waals surface area contributed by atoms with E-state index in [0.717, 1.165) is 0 Å². The van der Waals surface area contributed by atoms with Gasteiger partial charge in [0.05, 0.1) is 13.5 Å². The van der Waals surface area contributed by atoms with Gasteiger partial charge in [0.1, 0.15) is 40.1 Å². The van der Waals surface area contributed by atoms with Crippen LogP contribution in [0.15, 0.2) is 0 Å². The quantitative estimate of drug-likeness (QED) is 0.0447. The first kappa shape index (κ1) is 60.0. The number of nitrogens with one attached hydrogen (secondary N) is 5. The summed E-state index contributed by atoms with van der Waals surface area (Å²) in [7, 11) is 1.24. The van der Waals surface area contributed by atoms with Crippen LogP contribution in [0.25, 0.3) is 0 Å². The first-order valence-corrected chi connectivity index (χ1v) is 21.3. The molecule has 0 bridgehead atoms. The molecule has 3 atom stereocenters. The van der Waals surface area contributed by atoms with Crippen LogP contribution in [0.4, 0.5) is 19.2 Å². The molecular formula is C43H79N5O15. The second-order valence-corrected chi connectivity index (χ2v) is 19.7. The fourth-order valence-corrected chi connectivity index (χ4v) is 4.95. The van der Waals surface area contributed by atoms with E-state index >= 15 is 0 Å². The van der Waals surface area contributed by atoms with E-state index in [9.17, 15) is 38.4 Å². The Morgan fingerprint density at radius 3 is 1.22 bits per heavy atom. The molecule has 0 unspecified atom stereocenters. The number of hydrogen-bond donors (Lipinski definition) is 6. The van der Waals surface area contributed by atoms with Gasteiger partial charge < -0.3 is 60.1 Å². The molecule has 6 N–H and O–H groups in total. The van der Waals surface area contributed by atoms with Gasteiger partial charge >= 0.3 is 42.3 Å². The van der Waals surface area contributed by atoms with Gasteiger partial charge in [0.15, 0.2) is 0 Å². The van der Waals surface area contributed by atoms with E-state index in [1.54, 1.807) is 104 Å². The van der Waals surface area contributed by atoms with Crippen molar-refractivity contribution < 1.29 is 71.9 Å². The van der Waals surface area contributed by atoms with Gasteiger partial charge in [-0.3, -0.25) is 9.59 Å². The highest BCUT2D eigenvalue weighted by Gasteiger charge is 2.28. The predicted octanol–water partition coefficient (Wildman–Crippen LogP) is 6.26. The largest absolute Gasteiger partial charge is 0.480 e. The number of carboxylic acid groups (broad SMARTS) is 1. The number of carboxylic acids is 1. The molecule has 0 saturated carbocycles. The molecule has 0 aliphatic heterocycles. The summed E-state index contributed by atoms with van der Waals surface area (Å²) >= 11 is 0. The number of aliphatic carboxylic acids is 1. The fraction of sp³-hybridized carbons (Fsp3) is 0.814. The summed E-state index contributed by atoms with van der Waals surface area (Å²) in [4.78, 5) is 95.5. The van der Waals surface area contributed by atoms with E-state index in [1.165, 1.54) is 7.11 Å². The summed E-state index contributed by atoms with van der Waals surface area (Å²) < 4.78 is 30.6. The maximum atomic E-state index is 12.9. The summed E-state index contributed by atoms with van der Waals surface area (Å²) in [5.74, 6) is -3.19. The zero-order valence-electron chi connectivity index (χ0n) is 40.7. The Kier molecular flexibility index (Phi) is 26.6. The van der Waals surface area contributed by atoms with Gasteiger partial charge in [0, 0.05) is 25.6 Å². The van der Waals surface area contributed by atoms with Gasteiger partial charge in [0.2, 0.25) is 5.91 Å². The van der Waals surface area contributed by atoms with Crippen LogP contribution in [0.3, 0.4) is 0 Å². The molecule has 63 heavy (non-hydrogen) atoms. The fourth-order valence-electron chi connectivity index (χ4n) is 4.95. The van der Waals surface area contributed by atoms with Gasteiger partial charge in [-0.15, -0.1) is 0 Å². The van der Waals surface area contributed by atoms with Crippen molar-refractivity contribution in [3.63, 3.8) is 0 Å². The Morgan fingerprint density at radius 1 is 0.460 bits per heavy atom. The number of carbonyl (C=O) groups is 8. The van der Waals surface area contributed by atoms with E-state index in [-0.39, 0.29) is 31.8 Å². The number of amides is 5. The van der Waals surface area contributed by atoms with Crippen molar-refractivity contribution in [2.75, 3.05) is 26.7 Å². The monoisotopic (exact) mass is 906 g/mol. The number of alkyl carbamates (subject to hydrolysis) is 4. The Morgan fingerprint density at radius 2 is 0.825 bits per heavy atom. The molecule has 366 valence electrons. The summed E-state index contributed by atoms with van der Waals surface area (Å²) in [6, 6.07) is -1.96. The first-order valence-electron chi connectivity index (χ1n) is 21.3. The van der Waals surface area contributed by atoms with Crippen molar-refractivity contribution in [3.05, 3.63) is 0 Å². The van der Waals surface area contributed by atoms with E-state index in [0.29, 0.717) is 45.1 Å². The van der Waals surface area contributed by atoms with E-state index < -0.39 is 88.3 Å². The molecule has 0 rings (SSSR count). The van der Waals surface area contributed by atoms with Crippen molar-refractivity contribution >= 4 is 48.2 Å². The number of carbonyl (C=O) groups excluding carboxylic acids is 7. The molecular weight excluding hydrogens is 826 g/mol. The van der Waals surface area contributed by atoms with Crippen LogP contribution in [-0.4, -0.2) is 120 Å². The highest BCUT2D eigenvalue weighted by atomic mass is 16.6. The molecule has 0 aliphatic rings. The zero-order valence-corrected chi connectivity index (χ0v) is 40.7. The Labute approximate surface area is 374 Å². The lowest BCUT2D eigenvalue weighted by molar-refractivity contribution is -0.157. The van der Waals surface area contributed by atoms with Gasteiger partial charge in [-0.25, -0.2) is 28.8 Å². The normalized spacial score (nSPS) is 13.2. The van der Waals surface area contributed by atoms with Crippen LogP contribution in [0, 0.1) is 5.92 Å². The van der Waals surface area contributed by atoms with Crippen LogP contribution < -0.4 is 26.6 Å². The molecule has 20 nitrogen and oxygen atoms in total. The summed E-state index contributed by atoms with van der Waals surface area (Å²) in [6.45, 7) is 26.9. The highest BCUT2D eigenvalue weighted by molar-refractivity contribution is 5.84. The van der Waals surface area contributed by atoms with Gasteiger partial charge in [-0.1, -0.05) is 0 Å². The molecule has 0 heterocycles. The third kappa shape index (κ3) is 37.3. The first-order chi connectivity index (χ1) is 28.5. The molecule has 0 fully saturated rings. The zero-order chi connectivity index (χ0) is 49.4. The SMILES string of the molecule is CC(C)(C)OC(=O)NCCC[C@@H](NC(=O)OC(C)(C)C)C(=O)O.COC(=O)[C@H](CCCCNC(=O)[C@@H](CCCNC(=O)OC(C)(C)C)CC(=O)OC(C)(C)C)NC(=O)OC(C)(C)C. The minimum atomic E-state index is -1.16. The lowest BCUT2D eigenvalue weighted by Gasteiger charge is -2.23. The second-order valence-electron chi connectivity index (χ2n) is 19.7. The van der Waals surface area contributed by atoms with Crippen molar-refractivity contribution in [3.8, 4) is 0 Å². The number of methoxy groups -OCH3 is 1. The predicted molar refractivity (Wildman–Crippen MR) is 234 cm³/mol. The van der Waals surface area contributed by atoms with Crippen LogP contribution in [0.1, 0.15) is 155 Å². The Hall–Kier alpha value is -5.04. The molecule has 5 amide bonds. The molecule has 0 spiro atoms. The lowest BCUT2D eigenvalue weighted by atomic mass is 9.98. The van der Waals surface area contributed by atoms with Crippen LogP contribution in [0.2, 0.25) is 0 Å². The second kappa shape index (κ2) is 27.9. The molecule has 0 aromatic heterocycles. The van der Waals surface area contributed by atoms with Crippen LogP contribution >= 0.6 is 0 Å². The number of rotatable bonds is 20. The van der Waals surface area contributed by atoms with Crippen LogP contribution in [-0.2, 0) is 47.6 Å². The average Bonchev–Trinajstić information content (AvgIpc) is 3.06. The van der Waals surface area contributed by atoms with E-state index in [4.69, 9.17) is 33.5 Å². The van der Waals surface area contributed by atoms with E-state index in [1.807, 2.05) is 0 Å². The van der Waals surface area contributed by atoms with Crippen molar-refractivity contribution in [1.29, 1.82) is 0 Å². The number of hydrogen-bond acceptors (Lipinski definition) is 14. The molecule has 0 aliphatic carbocycles. The highest BCUT2D eigenvalue weighted by Crippen LogP contribution is 2.17. The van der Waals surface area contributed by atoms with E-state index in [2.05, 4.69) is 26.6 Å². The van der Waals surface area contributed by atoms with Gasteiger partial charge in [0.25, 0.3) is 0 Å². The molecule has 20 heteroatoms. The standard InChI is InChI=1S/C28H51N3O9.C15H28N2O6/c1-26(2,3)38-21(32)18-19(14-13-17-30-24(35)39-27(4,5)6)22(33)29-16-12-11-15-20(23(34)37-10)31-25(36)40-28(7,8)9;1-14(2,3)22-12(20)16-9-7-8-10(11(18)19)17-13(21)23-15(4,5)6/h19-20H,11-18H2,1-10H3,(H,29,33)(H,30,35)(H,31,36);10H,7-9H2,1-6H3,(H,16,20)(H,17,21)(H,18,19)/t19-,20-;10-/m01/s1. The maximum Gasteiger partial charge on any atom is 0.408 e. The average molecular weight is 906 g/mol. The third-order valence-corrected chi connectivity index (χ3v) is 7.32. The molecule has 0 aromatic rings. The lowest BCUT2D eigenvalue weighted by Crippen LogP contribution is -2.44. The van der Waals surface area contributed by atoms with Crippen molar-refractivity contribution in [2.24, 2.45) is 5.92 Å². The number of esters is 2. The minimum Gasteiger partial charge on any atom is -0.480 e. The maximum absolute atomic E-state index is 12.9. The summed E-state index contributed by atoms with van der Waals surface area (Å²) in [5, 5.41) is 21.9. The smallest absolute Gasteiger partial charge is 0.408 e. The molecule has 0 radical (unpaired) electrons. The topological polar surface area (TPSA) is 272 Å². The minimum absolute atomic E-state index is 0.0975. The third-order valence-electron chi connectivity index (χ3n) is 7.32. The van der Waals surface area contributed by atoms with Gasteiger partial charge in [-0.05, 0) is 149 Å². The number of unbranched alkanes of at least 4 members (excludes halogenated alkanes) is 1. The number of ether oxygens (including phenoxy) is 6. The summed E-state index contributed by atoms with van der Waals surface area (Å²) in [6.07, 6.45) is -0.0669. The Balaban J connectivity index is 0. The van der Waals surface area contributed by atoms with Crippen LogP contribution in [0.5, 0.6) is 0 Å².